The minimum atomic E-state index is -1.13. The third-order valence-corrected chi connectivity index (χ3v) is 2.49. The predicted octanol–water partition coefficient (Wildman–Crippen LogP) is 2.57. The first-order valence-electron chi connectivity index (χ1n) is 5.55. The Labute approximate surface area is 105 Å². The molecule has 96 valence electrons. The number of amides is 1. The lowest BCUT2D eigenvalue weighted by atomic mass is 10.1. The van der Waals surface area contributed by atoms with Crippen LogP contribution in [0.5, 0.6) is 0 Å². The summed E-state index contributed by atoms with van der Waals surface area (Å²) in [5.41, 5.74) is 7.73. The average molecular weight is 250 g/mol. The van der Waals surface area contributed by atoms with Crippen molar-refractivity contribution < 1.29 is 9.18 Å². The maximum atomic E-state index is 13.3. The number of benzene rings is 1. The van der Waals surface area contributed by atoms with Gasteiger partial charge in [0, 0.05) is 11.5 Å². The highest BCUT2D eigenvalue weighted by atomic mass is 19.1. The largest absolute Gasteiger partial charge is 0.355 e. The molecule has 1 aromatic rings. The Hall–Kier alpha value is -2.07. The van der Waals surface area contributed by atoms with Crippen LogP contribution in [0, 0.1) is 5.82 Å². The van der Waals surface area contributed by atoms with Gasteiger partial charge in [0.15, 0.2) is 0 Å². The highest BCUT2D eigenvalue weighted by molar-refractivity contribution is 5.85. The molecule has 18 heavy (non-hydrogen) atoms. The summed E-state index contributed by atoms with van der Waals surface area (Å²) in [7, 11) is 0. The average Bonchev–Trinajstić information content (AvgIpc) is 2.31. The third kappa shape index (κ3) is 3.75. The molecule has 0 saturated heterocycles. The molecule has 0 unspecified atom stereocenters. The van der Waals surface area contributed by atoms with Crippen LogP contribution in [0.3, 0.4) is 0 Å². The highest BCUT2D eigenvalue weighted by Gasteiger charge is 2.25. The van der Waals surface area contributed by atoms with Gasteiger partial charge in [0.25, 0.3) is 0 Å². The fraction of sp³-hybridized carbons (Fsp3) is 0.417. The van der Waals surface area contributed by atoms with E-state index in [2.05, 4.69) is 15.3 Å². The molecular weight excluding hydrogens is 235 g/mol. The van der Waals surface area contributed by atoms with Crippen LogP contribution in [-0.2, 0) is 11.2 Å². The van der Waals surface area contributed by atoms with Gasteiger partial charge >= 0.3 is 0 Å². The Balaban J connectivity index is 2.50. The lowest BCUT2D eigenvalue weighted by Gasteiger charge is -2.17. The standard InChI is InChI=1S/C12H15FN4O/c1-12(2,16-17-14)11(18)15-8-7-9-5-3-4-6-10(9)13/h3-6H,7-8H2,1-2H3,(H,15,18). The van der Waals surface area contributed by atoms with Gasteiger partial charge < -0.3 is 5.32 Å². The molecule has 0 bridgehead atoms. The van der Waals surface area contributed by atoms with Gasteiger partial charge in [-0.25, -0.2) is 4.39 Å². The van der Waals surface area contributed by atoms with Gasteiger partial charge in [-0.2, -0.15) is 0 Å². The summed E-state index contributed by atoms with van der Waals surface area (Å²) in [6.45, 7) is 3.33. The van der Waals surface area contributed by atoms with Crippen molar-refractivity contribution in [2.75, 3.05) is 6.54 Å². The van der Waals surface area contributed by atoms with E-state index in [0.717, 1.165) is 0 Å². The second-order valence-corrected chi connectivity index (χ2v) is 4.35. The molecule has 0 heterocycles. The summed E-state index contributed by atoms with van der Waals surface area (Å²) in [5.74, 6) is -0.669. The zero-order valence-corrected chi connectivity index (χ0v) is 10.4. The Morgan fingerprint density at radius 1 is 1.50 bits per heavy atom. The Kier molecular flexibility index (Phi) is 4.68. The number of azide groups is 1. The molecule has 0 atom stereocenters. The van der Waals surface area contributed by atoms with Crippen molar-refractivity contribution in [1.29, 1.82) is 0 Å². The molecule has 0 spiro atoms. The number of hydrogen-bond donors (Lipinski definition) is 1. The lowest BCUT2D eigenvalue weighted by molar-refractivity contribution is -0.125. The number of halogens is 1. The van der Waals surface area contributed by atoms with Crippen molar-refractivity contribution >= 4 is 5.91 Å². The van der Waals surface area contributed by atoms with Crippen LogP contribution in [0.1, 0.15) is 19.4 Å². The summed E-state index contributed by atoms with van der Waals surface area (Å²) in [5, 5.41) is 6.01. The second kappa shape index (κ2) is 6.02. The summed E-state index contributed by atoms with van der Waals surface area (Å²) in [6.07, 6.45) is 0.394. The molecule has 0 aliphatic heterocycles. The quantitative estimate of drug-likeness (QED) is 0.486. The van der Waals surface area contributed by atoms with Crippen molar-refractivity contribution in [1.82, 2.24) is 5.32 Å². The van der Waals surface area contributed by atoms with Crippen LogP contribution in [0.15, 0.2) is 29.4 Å². The van der Waals surface area contributed by atoms with Crippen LogP contribution in [-0.4, -0.2) is 18.0 Å². The monoisotopic (exact) mass is 250 g/mol. The molecule has 0 fully saturated rings. The zero-order chi connectivity index (χ0) is 13.6. The number of rotatable bonds is 5. The van der Waals surface area contributed by atoms with Crippen LogP contribution >= 0.6 is 0 Å². The maximum Gasteiger partial charge on any atom is 0.231 e. The van der Waals surface area contributed by atoms with Gasteiger partial charge in [-0.1, -0.05) is 23.3 Å². The van der Waals surface area contributed by atoms with Crippen LogP contribution in [0.25, 0.3) is 10.4 Å². The van der Waals surface area contributed by atoms with E-state index in [1.165, 1.54) is 19.9 Å². The predicted molar refractivity (Wildman–Crippen MR) is 66.3 cm³/mol. The fourth-order valence-electron chi connectivity index (χ4n) is 1.39. The smallest absolute Gasteiger partial charge is 0.231 e. The Bertz CT molecular complexity index is 481. The van der Waals surface area contributed by atoms with E-state index in [1.54, 1.807) is 18.2 Å². The number of nitrogens with zero attached hydrogens (tertiary/aromatic N) is 3. The minimum absolute atomic E-state index is 0.291. The van der Waals surface area contributed by atoms with Gasteiger partial charge in [-0.3, -0.25) is 4.79 Å². The van der Waals surface area contributed by atoms with E-state index in [-0.39, 0.29) is 11.7 Å². The summed E-state index contributed by atoms with van der Waals surface area (Å²) in [6, 6.07) is 6.40. The van der Waals surface area contributed by atoms with Crippen molar-refractivity contribution in [3.63, 3.8) is 0 Å². The SMILES string of the molecule is CC(C)(N=[N+]=[N-])C(=O)NCCc1ccccc1F. The van der Waals surface area contributed by atoms with Crippen molar-refractivity contribution in [2.45, 2.75) is 25.8 Å². The highest BCUT2D eigenvalue weighted by Crippen LogP contribution is 2.10. The topological polar surface area (TPSA) is 77.9 Å². The van der Waals surface area contributed by atoms with Gasteiger partial charge in [0.2, 0.25) is 5.91 Å². The molecular formula is C12H15FN4O. The lowest BCUT2D eigenvalue weighted by Crippen LogP contribution is -2.41. The van der Waals surface area contributed by atoms with E-state index in [1.807, 2.05) is 0 Å². The summed E-state index contributed by atoms with van der Waals surface area (Å²) in [4.78, 5) is 14.3. The fourth-order valence-corrected chi connectivity index (χ4v) is 1.39. The number of carbonyl (C=O) groups excluding carboxylic acids is 1. The van der Waals surface area contributed by atoms with Gasteiger partial charge in [0.1, 0.15) is 11.4 Å². The molecule has 1 aromatic carbocycles. The van der Waals surface area contributed by atoms with E-state index in [0.29, 0.717) is 18.5 Å². The van der Waals surface area contributed by atoms with Crippen molar-refractivity contribution in [3.05, 3.63) is 46.1 Å². The number of carbonyl (C=O) groups is 1. The minimum Gasteiger partial charge on any atom is -0.355 e. The number of hydrogen-bond acceptors (Lipinski definition) is 2. The first kappa shape index (κ1) is 14.0. The molecule has 6 heteroatoms. The number of nitrogens with one attached hydrogen (secondary N) is 1. The molecule has 0 saturated carbocycles. The Morgan fingerprint density at radius 2 is 2.17 bits per heavy atom. The van der Waals surface area contributed by atoms with Crippen LogP contribution < -0.4 is 5.32 Å². The molecule has 1 N–H and O–H groups in total. The summed E-state index contributed by atoms with van der Waals surface area (Å²) >= 11 is 0. The molecule has 0 aliphatic rings. The molecule has 1 rings (SSSR count). The summed E-state index contributed by atoms with van der Waals surface area (Å²) < 4.78 is 13.3. The van der Waals surface area contributed by atoms with E-state index in [4.69, 9.17) is 5.53 Å². The molecule has 0 radical (unpaired) electrons. The van der Waals surface area contributed by atoms with E-state index >= 15 is 0 Å². The van der Waals surface area contributed by atoms with Crippen LogP contribution in [0.4, 0.5) is 4.39 Å². The van der Waals surface area contributed by atoms with Crippen LogP contribution in [0.2, 0.25) is 0 Å². The molecule has 0 aliphatic carbocycles. The Morgan fingerprint density at radius 3 is 2.78 bits per heavy atom. The van der Waals surface area contributed by atoms with Gasteiger partial charge in [-0.05, 0) is 37.4 Å². The zero-order valence-electron chi connectivity index (χ0n) is 10.4. The maximum absolute atomic E-state index is 13.3. The molecule has 5 nitrogen and oxygen atoms in total. The normalized spacial score (nSPS) is 10.6. The first-order valence-corrected chi connectivity index (χ1v) is 5.55. The third-order valence-electron chi connectivity index (χ3n) is 2.49. The molecule has 1 amide bonds. The van der Waals surface area contributed by atoms with Gasteiger partial charge in [0.05, 0.1) is 0 Å². The first-order chi connectivity index (χ1) is 8.47. The van der Waals surface area contributed by atoms with E-state index < -0.39 is 5.54 Å². The second-order valence-electron chi connectivity index (χ2n) is 4.35. The van der Waals surface area contributed by atoms with E-state index in [9.17, 15) is 9.18 Å². The molecule has 0 aromatic heterocycles. The van der Waals surface area contributed by atoms with Crippen molar-refractivity contribution in [3.8, 4) is 0 Å². The van der Waals surface area contributed by atoms with Crippen molar-refractivity contribution in [2.24, 2.45) is 5.11 Å². The van der Waals surface area contributed by atoms with Gasteiger partial charge in [-0.15, -0.1) is 0 Å².